The van der Waals surface area contributed by atoms with Gasteiger partial charge in [0.15, 0.2) is 0 Å². The molecule has 0 aromatic heterocycles. The Balaban J connectivity index is 2.44. The first-order valence-corrected chi connectivity index (χ1v) is 13.7. The second-order valence-corrected chi connectivity index (χ2v) is 11.6. The topological polar surface area (TPSA) is 239 Å². The van der Waals surface area contributed by atoms with Crippen molar-refractivity contribution in [2.45, 2.75) is 16.7 Å². The fourth-order valence-electron chi connectivity index (χ4n) is 3.47. The number of hydrogen-bond donors (Lipinski definition) is 6. The minimum absolute atomic E-state index is 0.0244. The molecule has 0 heterocycles. The van der Waals surface area contributed by atoms with Gasteiger partial charge in [-0.25, -0.2) is 0 Å². The molecule has 0 radical (unpaired) electrons. The van der Waals surface area contributed by atoms with Gasteiger partial charge in [-0.05, 0) is 65.6 Å². The number of benzene rings is 2. The summed E-state index contributed by atoms with van der Waals surface area (Å²) in [5, 5.41) is 7.88. The Labute approximate surface area is 201 Å². The molecule has 0 amide bonds. The maximum atomic E-state index is 12.2. The van der Waals surface area contributed by atoms with Crippen molar-refractivity contribution >= 4 is 53.5 Å². The predicted molar refractivity (Wildman–Crippen MR) is 129 cm³/mol. The van der Waals surface area contributed by atoms with E-state index in [-0.39, 0.29) is 39.2 Å². The lowest BCUT2D eigenvalue weighted by atomic mass is 9.94. The van der Waals surface area contributed by atoms with Crippen molar-refractivity contribution in [2.75, 3.05) is 11.5 Å². The van der Waals surface area contributed by atoms with Gasteiger partial charge in [0.05, 0.1) is 17.1 Å². The van der Waals surface area contributed by atoms with E-state index < -0.39 is 50.8 Å². The van der Waals surface area contributed by atoms with E-state index in [4.69, 9.17) is 16.9 Å². The Hall–Kier alpha value is -3.34. The third-order valence-corrected chi connectivity index (χ3v) is 7.72. The lowest BCUT2D eigenvalue weighted by molar-refractivity contribution is 0.482. The molecule has 2 aromatic rings. The highest BCUT2D eigenvalue weighted by Crippen LogP contribution is 2.38. The molecule has 15 heteroatoms. The zero-order valence-electron chi connectivity index (χ0n) is 17.8. The molecule has 0 fully saturated rings. The van der Waals surface area contributed by atoms with Crippen LogP contribution in [0.2, 0.25) is 0 Å². The van der Waals surface area contributed by atoms with Crippen LogP contribution in [-0.4, -0.2) is 44.6 Å². The summed E-state index contributed by atoms with van der Waals surface area (Å²) in [4.78, 5) is -2.20. The third kappa shape index (κ3) is 5.34. The summed E-state index contributed by atoms with van der Waals surface area (Å²) in [5.74, 6) is 0. The van der Waals surface area contributed by atoms with Crippen molar-refractivity contribution in [3.05, 3.63) is 64.1 Å². The molecule has 0 saturated heterocycles. The number of nitrogens with two attached hydrogens (primary N) is 2. The highest BCUT2D eigenvalue weighted by atomic mass is 32.2. The quantitative estimate of drug-likeness (QED) is 0.237. The first kappa shape index (κ1) is 26.3. The van der Waals surface area contributed by atoms with Crippen LogP contribution in [0.4, 0.5) is 11.4 Å². The first-order valence-electron chi connectivity index (χ1n) is 9.37. The molecule has 0 spiro atoms. The van der Waals surface area contributed by atoms with Crippen LogP contribution < -0.4 is 11.5 Å². The highest BCUT2D eigenvalue weighted by molar-refractivity contribution is 7.91. The monoisotopic (exact) mass is 541 g/mol. The van der Waals surface area contributed by atoms with Gasteiger partial charge in [-0.3, -0.25) is 19.1 Å². The van der Waals surface area contributed by atoms with Crippen molar-refractivity contribution in [3.63, 3.8) is 0 Å². The fraction of sp³-hybridized carbons (Fsp3) is 0.0500. The summed E-state index contributed by atoms with van der Waals surface area (Å²) < 4.78 is 100. The van der Waals surface area contributed by atoms with E-state index >= 15 is 0 Å². The molecular weight excluding hydrogens is 522 g/mol. The van der Waals surface area contributed by atoms with E-state index in [2.05, 4.69) is 0 Å². The molecule has 35 heavy (non-hydrogen) atoms. The summed E-state index contributed by atoms with van der Waals surface area (Å²) >= 11 is 0. The Morgan fingerprint density at radius 1 is 0.829 bits per heavy atom. The van der Waals surface area contributed by atoms with Crippen molar-refractivity contribution in [1.29, 1.82) is 5.41 Å². The van der Waals surface area contributed by atoms with E-state index in [0.717, 1.165) is 24.3 Å². The van der Waals surface area contributed by atoms with Crippen LogP contribution in [0.3, 0.4) is 0 Å². The van der Waals surface area contributed by atoms with Gasteiger partial charge in [0.1, 0.15) is 14.7 Å². The molecule has 1 aliphatic rings. The number of nitrogen functional groups attached to an aromatic ring is 2. The summed E-state index contributed by atoms with van der Waals surface area (Å²) in [5.41, 5.74) is 10.2. The van der Waals surface area contributed by atoms with E-state index in [1.54, 1.807) is 0 Å². The summed E-state index contributed by atoms with van der Waals surface area (Å²) in [7, 11) is -14.6. The zero-order valence-corrected chi connectivity index (χ0v) is 20.2. The second kappa shape index (κ2) is 8.71. The van der Waals surface area contributed by atoms with Crippen LogP contribution >= 0.6 is 0 Å². The molecule has 0 atom stereocenters. The van der Waals surface area contributed by atoms with E-state index in [9.17, 15) is 38.9 Å². The lowest BCUT2D eigenvalue weighted by Crippen LogP contribution is -2.16. The maximum Gasteiger partial charge on any atom is 0.297 e. The van der Waals surface area contributed by atoms with Crippen LogP contribution in [0.5, 0.6) is 0 Å². The van der Waals surface area contributed by atoms with Crippen molar-refractivity contribution in [3.8, 4) is 11.1 Å². The molecule has 12 nitrogen and oxygen atoms in total. The van der Waals surface area contributed by atoms with Crippen molar-refractivity contribution in [2.24, 2.45) is 0 Å². The van der Waals surface area contributed by atoms with Crippen molar-refractivity contribution < 1.29 is 38.9 Å². The number of anilines is 2. The van der Waals surface area contributed by atoms with Crippen LogP contribution in [0.15, 0.2) is 68.3 Å². The van der Waals surface area contributed by atoms with Gasteiger partial charge in [0, 0.05) is 5.56 Å². The van der Waals surface area contributed by atoms with Crippen molar-refractivity contribution in [1.82, 2.24) is 0 Å². The van der Waals surface area contributed by atoms with Gasteiger partial charge >= 0.3 is 0 Å². The van der Waals surface area contributed by atoms with Crippen LogP contribution in [-0.2, 0) is 30.4 Å². The molecule has 0 bridgehead atoms. The normalized spacial score (nSPS) is 16.2. The second-order valence-electron chi connectivity index (χ2n) is 7.48. The van der Waals surface area contributed by atoms with Gasteiger partial charge in [-0.2, -0.15) is 25.3 Å². The van der Waals surface area contributed by atoms with Crippen LogP contribution in [0, 0.1) is 5.41 Å². The SMILES string of the molecule is CC1=CC(=Cc2ccc(N)c(S(=O)(=O)O)c2-c2ccc(N)c(S(=O)(=O)O)c2)C=C(S(=O)(=O)O)C1=N. The zero-order chi connectivity index (χ0) is 26.5. The standard InChI is InChI=1S/C20H19N3O9S3/c1-10-6-11(8-17(19(10)23)34(27,28)29)7-12-3-5-15(22)20(35(30,31)32)18(12)13-2-4-14(21)16(9-13)33(24,25)26/h2-9,23H,21-22H2,1H3,(H,24,25,26)(H,27,28,29)(H,30,31,32). The number of nitrogens with one attached hydrogen (secondary N) is 1. The Bertz CT molecular complexity index is 1700. The number of hydrogen-bond acceptors (Lipinski definition) is 9. The average Bonchev–Trinajstić information content (AvgIpc) is 2.69. The summed E-state index contributed by atoms with van der Waals surface area (Å²) in [6.07, 6.45) is 3.63. The number of allylic oxidation sites excluding steroid dienone is 5. The highest BCUT2D eigenvalue weighted by Gasteiger charge is 2.27. The molecule has 1 aliphatic carbocycles. The van der Waals surface area contributed by atoms with Crippen LogP contribution in [0.1, 0.15) is 12.5 Å². The largest absolute Gasteiger partial charge is 0.398 e. The molecule has 8 N–H and O–H groups in total. The molecular formula is C20H19N3O9S3. The van der Waals surface area contributed by atoms with E-state index in [1.165, 1.54) is 31.2 Å². The molecule has 3 rings (SSSR count). The van der Waals surface area contributed by atoms with Gasteiger partial charge in [0.2, 0.25) is 0 Å². The molecule has 186 valence electrons. The van der Waals surface area contributed by atoms with Gasteiger partial charge in [-0.1, -0.05) is 12.1 Å². The minimum atomic E-state index is -4.99. The molecule has 0 aliphatic heterocycles. The molecule has 0 saturated carbocycles. The summed E-state index contributed by atoms with van der Waals surface area (Å²) in [6.45, 7) is 1.42. The Morgan fingerprint density at radius 3 is 1.97 bits per heavy atom. The number of rotatable bonds is 5. The minimum Gasteiger partial charge on any atom is -0.398 e. The van der Waals surface area contributed by atoms with Gasteiger partial charge < -0.3 is 11.5 Å². The van der Waals surface area contributed by atoms with Gasteiger partial charge in [0.25, 0.3) is 30.4 Å². The van der Waals surface area contributed by atoms with E-state index in [0.29, 0.717) is 0 Å². The Morgan fingerprint density at radius 2 is 1.43 bits per heavy atom. The smallest absolute Gasteiger partial charge is 0.297 e. The lowest BCUT2D eigenvalue weighted by Gasteiger charge is -2.17. The third-order valence-electron chi connectivity index (χ3n) is 4.98. The Kier molecular flexibility index (Phi) is 6.53. The maximum absolute atomic E-state index is 12.2. The molecule has 0 unspecified atom stereocenters. The van der Waals surface area contributed by atoms with E-state index in [1.807, 2.05) is 0 Å². The first-order chi connectivity index (χ1) is 15.9. The fourth-order valence-corrected chi connectivity index (χ4v) is 5.68. The summed E-state index contributed by atoms with van der Waals surface area (Å²) in [6, 6.07) is 5.67. The predicted octanol–water partition coefficient (Wildman–Crippen LogP) is 2.15. The average molecular weight is 542 g/mol. The molecule has 2 aromatic carbocycles. The van der Waals surface area contributed by atoms with Gasteiger partial charge in [-0.15, -0.1) is 0 Å². The van der Waals surface area contributed by atoms with Crippen LogP contribution in [0.25, 0.3) is 17.2 Å².